The van der Waals surface area contributed by atoms with E-state index in [2.05, 4.69) is 22.4 Å². The van der Waals surface area contributed by atoms with Gasteiger partial charge in [-0.05, 0) is 36.8 Å². The van der Waals surface area contributed by atoms with Gasteiger partial charge >= 0.3 is 0 Å². The van der Waals surface area contributed by atoms with Crippen LogP contribution in [0.2, 0.25) is 0 Å². The van der Waals surface area contributed by atoms with Crippen LogP contribution in [-0.2, 0) is 13.1 Å². The lowest BCUT2D eigenvalue weighted by molar-refractivity contribution is 0.462. The molecule has 5 heteroatoms. The first kappa shape index (κ1) is 12.2. The Kier molecular flexibility index (Phi) is 3.23. The molecule has 0 aliphatic heterocycles. The SMILES string of the molecule is Cc1ccc(CNCc2ccc3nc(N)sc3c2)o1. The molecule has 19 heavy (non-hydrogen) atoms. The van der Waals surface area contributed by atoms with Crippen molar-refractivity contribution in [3.8, 4) is 0 Å². The highest BCUT2D eigenvalue weighted by Crippen LogP contribution is 2.24. The number of hydrogen-bond acceptors (Lipinski definition) is 5. The minimum atomic E-state index is 0.617. The molecule has 0 amide bonds. The predicted molar refractivity (Wildman–Crippen MR) is 78.0 cm³/mol. The molecule has 0 aliphatic carbocycles. The van der Waals surface area contributed by atoms with Crippen molar-refractivity contribution in [1.29, 1.82) is 0 Å². The number of nitrogens with zero attached hydrogens (tertiary/aromatic N) is 1. The summed E-state index contributed by atoms with van der Waals surface area (Å²) in [5.41, 5.74) is 7.89. The maximum atomic E-state index is 5.70. The summed E-state index contributed by atoms with van der Waals surface area (Å²) in [6.07, 6.45) is 0. The Morgan fingerprint density at radius 2 is 2.16 bits per heavy atom. The van der Waals surface area contributed by atoms with Gasteiger partial charge in [0.2, 0.25) is 0 Å². The van der Waals surface area contributed by atoms with Crippen molar-refractivity contribution < 1.29 is 4.42 Å². The van der Waals surface area contributed by atoms with Crippen molar-refractivity contribution in [3.63, 3.8) is 0 Å². The van der Waals surface area contributed by atoms with Gasteiger partial charge in [-0.25, -0.2) is 4.98 Å². The number of nitrogen functional groups attached to an aromatic ring is 1. The molecule has 2 aromatic heterocycles. The number of nitrogens with two attached hydrogens (primary N) is 1. The second-order valence-corrected chi connectivity index (χ2v) is 5.53. The second kappa shape index (κ2) is 5.03. The number of thiazole rings is 1. The minimum absolute atomic E-state index is 0.617. The molecule has 98 valence electrons. The van der Waals surface area contributed by atoms with Gasteiger partial charge < -0.3 is 15.5 Å². The summed E-state index contributed by atoms with van der Waals surface area (Å²) in [6.45, 7) is 3.48. The third kappa shape index (κ3) is 2.77. The van der Waals surface area contributed by atoms with Gasteiger partial charge in [-0.1, -0.05) is 17.4 Å². The van der Waals surface area contributed by atoms with E-state index in [9.17, 15) is 0 Å². The topological polar surface area (TPSA) is 64.1 Å². The highest BCUT2D eigenvalue weighted by Gasteiger charge is 2.03. The van der Waals surface area contributed by atoms with Gasteiger partial charge in [0.1, 0.15) is 11.5 Å². The number of rotatable bonds is 4. The van der Waals surface area contributed by atoms with Crippen LogP contribution in [0.4, 0.5) is 5.13 Å². The van der Waals surface area contributed by atoms with Crippen LogP contribution in [0, 0.1) is 6.92 Å². The highest BCUT2D eigenvalue weighted by molar-refractivity contribution is 7.22. The normalized spacial score (nSPS) is 11.2. The molecule has 0 saturated heterocycles. The average Bonchev–Trinajstić information content (AvgIpc) is 2.94. The van der Waals surface area contributed by atoms with Crippen LogP contribution in [0.15, 0.2) is 34.7 Å². The van der Waals surface area contributed by atoms with E-state index in [4.69, 9.17) is 10.2 Å². The third-order valence-corrected chi connectivity index (χ3v) is 3.74. The van der Waals surface area contributed by atoms with Gasteiger partial charge in [-0.2, -0.15) is 0 Å². The molecule has 4 nitrogen and oxygen atoms in total. The largest absolute Gasteiger partial charge is 0.465 e. The van der Waals surface area contributed by atoms with E-state index in [0.29, 0.717) is 5.13 Å². The number of nitrogens with one attached hydrogen (secondary N) is 1. The Labute approximate surface area is 115 Å². The number of aryl methyl sites for hydroxylation is 1. The number of hydrogen-bond donors (Lipinski definition) is 2. The Hall–Kier alpha value is -1.85. The molecule has 0 saturated carbocycles. The fourth-order valence-electron chi connectivity index (χ4n) is 2.01. The first-order valence-electron chi connectivity index (χ1n) is 6.12. The van der Waals surface area contributed by atoms with E-state index < -0.39 is 0 Å². The average molecular weight is 273 g/mol. The van der Waals surface area contributed by atoms with E-state index in [-0.39, 0.29) is 0 Å². The lowest BCUT2D eigenvalue weighted by Gasteiger charge is -2.03. The molecular weight excluding hydrogens is 258 g/mol. The highest BCUT2D eigenvalue weighted by atomic mass is 32.1. The van der Waals surface area contributed by atoms with Crippen LogP contribution >= 0.6 is 11.3 Å². The summed E-state index contributed by atoms with van der Waals surface area (Å²) in [4.78, 5) is 4.25. The summed E-state index contributed by atoms with van der Waals surface area (Å²) in [5.74, 6) is 1.90. The van der Waals surface area contributed by atoms with Gasteiger partial charge in [-0.3, -0.25) is 0 Å². The molecule has 0 aliphatic rings. The molecule has 3 rings (SSSR count). The Balaban J connectivity index is 1.64. The van der Waals surface area contributed by atoms with Crippen molar-refractivity contribution in [3.05, 3.63) is 47.4 Å². The fraction of sp³-hybridized carbons (Fsp3) is 0.214. The smallest absolute Gasteiger partial charge is 0.181 e. The van der Waals surface area contributed by atoms with Gasteiger partial charge in [-0.15, -0.1) is 0 Å². The Morgan fingerprint density at radius 3 is 2.95 bits per heavy atom. The molecule has 0 unspecified atom stereocenters. The molecule has 0 fully saturated rings. The number of benzene rings is 1. The fourth-order valence-corrected chi connectivity index (χ4v) is 2.80. The minimum Gasteiger partial charge on any atom is -0.465 e. The lowest BCUT2D eigenvalue weighted by atomic mass is 10.2. The van der Waals surface area contributed by atoms with E-state index in [1.807, 2.05) is 25.1 Å². The van der Waals surface area contributed by atoms with Crippen LogP contribution in [0.25, 0.3) is 10.2 Å². The van der Waals surface area contributed by atoms with Gasteiger partial charge in [0.15, 0.2) is 5.13 Å². The van der Waals surface area contributed by atoms with Crippen LogP contribution < -0.4 is 11.1 Å². The molecule has 3 aromatic rings. The molecule has 0 spiro atoms. The van der Waals surface area contributed by atoms with E-state index >= 15 is 0 Å². The molecule has 0 radical (unpaired) electrons. The van der Waals surface area contributed by atoms with Crippen molar-refractivity contribution in [1.82, 2.24) is 10.3 Å². The van der Waals surface area contributed by atoms with Crippen molar-refractivity contribution >= 4 is 26.7 Å². The number of furan rings is 1. The monoisotopic (exact) mass is 273 g/mol. The third-order valence-electron chi connectivity index (χ3n) is 2.89. The molecule has 2 heterocycles. The zero-order valence-electron chi connectivity index (χ0n) is 10.6. The van der Waals surface area contributed by atoms with E-state index in [1.54, 1.807) is 0 Å². The second-order valence-electron chi connectivity index (χ2n) is 4.47. The number of fused-ring (bicyclic) bond motifs is 1. The zero-order valence-corrected chi connectivity index (χ0v) is 11.5. The Bertz CT molecular complexity index is 702. The van der Waals surface area contributed by atoms with Gasteiger partial charge in [0.25, 0.3) is 0 Å². The van der Waals surface area contributed by atoms with E-state index in [0.717, 1.165) is 34.8 Å². The summed E-state index contributed by atoms with van der Waals surface area (Å²) in [5, 5.41) is 3.98. The maximum absolute atomic E-state index is 5.70. The summed E-state index contributed by atoms with van der Waals surface area (Å²) < 4.78 is 6.64. The summed E-state index contributed by atoms with van der Waals surface area (Å²) in [6, 6.07) is 10.2. The van der Waals surface area contributed by atoms with Crippen molar-refractivity contribution in [2.45, 2.75) is 20.0 Å². The Morgan fingerprint density at radius 1 is 1.26 bits per heavy atom. The summed E-state index contributed by atoms with van der Waals surface area (Å²) in [7, 11) is 0. The molecule has 0 atom stereocenters. The van der Waals surface area contributed by atoms with Crippen LogP contribution in [0.1, 0.15) is 17.1 Å². The lowest BCUT2D eigenvalue weighted by Crippen LogP contribution is -2.11. The van der Waals surface area contributed by atoms with Crippen molar-refractivity contribution in [2.75, 3.05) is 5.73 Å². The molecule has 1 aromatic carbocycles. The van der Waals surface area contributed by atoms with Crippen LogP contribution in [-0.4, -0.2) is 4.98 Å². The maximum Gasteiger partial charge on any atom is 0.181 e. The predicted octanol–water partition coefficient (Wildman–Crippen LogP) is 3.07. The first-order valence-corrected chi connectivity index (χ1v) is 6.93. The van der Waals surface area contributed by atoms with Gasteiger partial charge in [0, 0.05) is 6.54 Å². The zero-order chi connectivity index (χ0) is 13.2. The van der Waals surface area contributed by atoms with Crippen LogP contribution in [0.3, 0.4) is 0 Å². The van der Waals surface area contributed by atoms with Crippen LogP contribution in [0.5, 0.6) is 0 Å². The van der Waals surface area contributed by atoms with Gasteiger partial charge in [0.05, 0.1) is 16.8 Å². The first-order chi connectivity index (χ1) is 9.20. The molecular formula is C14H15N3OS. The standard InChI is InChI=1S/C14H15N3OS/c1-9-2-4-11(18-9)8-16-7-10-3-5-12-13(6-10)19-14(15)17-12/h2-6,16H,7-8H2,1H3,(H2,15,17). The summed E-state index contributed by atoms with van der Waals surface area (Å²) >= 11 is 1.52. The van der Waals surface area contributed by atoms with E-state index in [1.165, 1.54) is 16.9 Å². The number of anilines is 1. The number of aromatic nitrogens is 1. The quantitative estimate of drug-likeness (QED) is 0.766. The van der Waals surface area contributed by atoms with Crippen molar-refractivity contribution in [2.24, 2.45) is 0 Å². The molecule has 3 N–H and O–H groups in total. The molecule has 0 bridgehead atoms.